The lowest BCUT2D eigenvalue weighted by Crippen LogP contribution is -2.43. The van der Waals surface area contributed by atoms with Gasteiger partial charge in [-0.15, -0.1) is 10.2 Å². The molecule has 0 fully saturated rings. The number of hydrogen-bond acceptors (Lipinski definition) is 7. The van der Waals surface area contributed by atoms with E-state index < -0.39 is 22.3 Å². The minimum Gasteiger partial charge on any atom is -0.446 e. The molecule has 0 aliphatic heterocycles. The molecule has 1 aromatic heterocycles. The average Bonchev–Trinajstić information content (AvgIpc) is 2.90. The highest BCUT2D eigenvalue weighted by atomic mass is 35.5. The van der Waals surface area contributed by atoms with Gasteiger partial charge in [0.2, 0.25) is 5.78 Å². The SMILES string of the molecule is CC(C)CC(NC(=O)OCC(C)(Cl)Cl)C(=O)c1nnc(SC(C)C)o1. The van der Waals surface area contributed by atoms with Gasteiger partial charge >= 0.3 is 6.09 Å². The number of nitrogens with zero attached hydrogens (tertiary/aromatic N) is 2. The lowest BCUT2D eigenvalue weighted by molar-refractivity contribution is 0.0868. The van der Waals surface area contributed by atoms with E-state index in [9.17, 15) is 9.59 Å². The van der Waals surface area contributed by atoms with Crippen LogP contribution in [0.4, 0.5) is 4.79 Å². The fraction of sp³-hybridized carbons (Fsp3) is 0.733. The highest BCUT2D eigenvalue weighted by Crippen LogP contribution is 2.22. The fourth-order valence-corrected chi connectivity index (χ4v) is 2.51. The van der Waals surface area contributed by atoms with E-state index in [4.69, 9.17) is 32.4 Å². The maximum Gasteiger partial charge on any atom is 0.407 e. The number of hydrogen-bond donors (Lipinski definition) is 1. The largest absolute Gasteiger partial charge is 0.446 e. The first-order chi connectivity index (χ1) is 11.5. The van der Waals surface area contributed by atoms with E-state index in [-0.39, 0.29) is 23.7 Å². The van der Waals surface area contributed by atoms with Gasteiger partial charge in [-0.1, -0.05) is 62.7 Å². The quantitative estimate of drug-likeness (QED) is 0.371. The summed E-state index contributed by atoms with van der Waals surface area (Å²) in [5.74, 6) is -0.463. The van der Waals surface area contributed by atoms with Gasteiger partial charge in [0, 0.05) is 5.25 Å². The Morgan fingerprint density at radius 3 is 2.44 bits per heavy atom. The Morgan fingerprint density at radius 1 is 1.28 bits per heavy atom. The predicted octanol–water partition coefficient (Wildman–Crippen LogP) is 4.09. The molecule has 1 N–H and O–H groups in total. The number of alkyl carbamates (subject to hydrolysis) is 1. The standard InChI is InChI=1S/C15H23Cl2N3O4S/c1-8(2)6-10(18-13(22)23-7-15(5,16)17)11(21)12-19-20-14(24-12)25-9(3)4/h8-10H,6-7H2,1-5H3,(H,18,22). The summed E-state index contributed by atoms with van der Waals surface area (Å²) < 4.78 is 9.09. The molecule has 10 heteroatoms. The number of thioether (sulfide) groups is 1. The van der Waals surface area contributed by atoms with Crippen LogP contribution in [0.3, 0.4) is 0 Å². The van der Waals surface area contributed by atoms with E-state index in [1.807, 2.05) is 27.7 Å². The van der Waals surface area contributed by atoms with Crippen molar-refractivity contribution in [3.63, 3.8) is 0 Å². The Bertz CT molecular complexity index is 588. The molecule has 0 aliphatic carbocycles. The molecule has 142 valence electrons. The predicted molar refractivity (Wildman–Crippen MR) is 97.5 cm³/mol. The van der Waals surface area contributed by atoms with Crippen LogP contribution in [0.25, 0.3) is 0 Å². The van der Waals surface area contributed by atoms with Crippen LogP contribution in [0.1, 0.15) is 51.7 Å². The van der Waals surface area contributed by atoms with E-state index in [0.29, 0.717) is 11.6 Å². The number of rotatable bonds is 9. The number of Topliss-reactive ketones (excluding diaryl/α,β-unsaturated/α-hetero) is 1. The molecule has 0 bridgehead atoms. The Hall–Kier alpha value is -0.990. The Morgan fingerprint density at radius 2 is 1.92 bits per heavy atom. The van der Waals surface area contributed by atoms with E-state index in [2.05, 4.69) is 15.5 Å². The van der Waals surface area contributed by atoms with Crippen LogP contribution in [0.15, 0.2) is 9.64 Å². The van der Waals surface area contributed by atoms with Crippen LogP contribution in [0, 0.1) is 5.92 Å². The minimum atomic E-state index is -1.20. The summed E-state index contributed by atoms with van der Waals surface area (Å²) >= 11 is 12.9. The van der Waals surface area contributed by atoms with Crippen molar-refractivity contribution in [2.24, 2.45) is 5.92 Å². The first kappa shape index (κ1) is 22.1. The smallest absolute Gasteiger partial charge is 0.407 e. The van der Waals surface area contributed by atoms with Gasteiger partial charge < -0.3 is 14.5 Å². The van der Waals surface area contributed by atoms with Crippen LogP contribution >= 0.6 is 35.0 Å². The van der Waals surface area contributed by atoms with Crippen molar-refractivity contribution in [1.82, 2.24) is 15.5 Å². The third-order valence-electron chi connectivity index (χ3n) is 2.73. The second-order valence-electron chi connectivity index (χ2n) is 6.38. The maximum atomic E-state index is 12.6. The molecule has 25 heavy (non-hydrogen) atoms. The summed E-state index contributed by atoms with van der Waals surface area (Å²) in [7, 11) is 0. The van der Waals surface area contributed by atoms with Crippen molar-refractivity contribution in [3.8, 4) is 0 Å². The zero-order valence-electron chi connectivity index (χ0n) is 14.8. The molecule has 1 atom stereocenters. The molecule has 1 aromatic rings. The van der Waals surface area contributed by atoms with Crippen molar-refractivity contribution in [1.29, 1.82) is 0 Å². The van der Waals surface area contributed by atoms with Crippen LogP contribution in [-0.2, 0) is 4.74 Å². The normalized spacial score (nSPS) is 13.2. The summed E-state index contributed by atoms with van der Waals surface area (Å²) in [6.45, 7) is 9.08. The van der Waals surface area contributed by atoms with E-state index in [1.165, 1.54) is 18.7 Å². The molecule has 0 aliphatic rings. The van der Waals surface area contributed by atoms with E-state index in [1.54, 1.807) is 0 Å². The Labute approximate surface area is 161 Å². The lowest BCUT2D eigenvalue weighted by atomic mass is 10.0. The molecule has 1 unspecified atom stereocenters. The third-order valence-corrected chi connectivity index (χ3v) is 3.78. The fourth-order valence-electron chi connectivity index (χ4n) is 1.79. The van der Waals surface area contributed by atoms with Crippen molar-refractivity contribution in [3.05, 3.63) is 5.89 Å². The molecule has 0 spiro atoms. The monoisotopic (exact) mass is 411 g/mol. The van der Waals surface area contributed by atoms with Gasteiger partial charge in [0.15, 0.2) is 0 Å². The van der Waals surface area contributed by atoms with E-state index in [0.717, 1.165) is 0 Å². The number of halogens is 2. The summed E-state index contributed by atoms with van der Waals surface area (Å²) in [5.41, 5.74) is 0. The first-order valence-corrected chi connectivity index (χ1v) is 9.47. The van der Waals surface area contributed by atoms with Gasteiger partial charge in [-0.05, 0) is 19.3 Å². The average molecular weight is 412 g/mol. The van der Waals surface area contributed by atoms with Gasteiger partial charge in [0.25, 0.3) is 11.1 Å². The number of ketones is 1. The second kappa shape index (κ2) is 9.64. The summed E-state index contributed by atoms with van der Waals surface area (Å²) in [6, 6.07) is -0.846. The highest BCUT2D eigenvalue weighted by molar-refractivity contribution is 7.99. The summed E-state index contributed by atoms with van der Waals surface area (Å²) in [5, 5.41) is 10.7. The lowest BCUT2D eigenvalue weighted by Gasteiger charge is -2.19. The van der Waals surface area contributed by atoms with Gasteiger partial charge in [0.05, 0.1) is 0 Å². The molecule has 7 nitrogen and oxygen atoms in total. The highest BCUT2D eigenvalue weighted by Gasteiger charge is 2.29. The van der Waals surface area contributed by atoms with Gasteiger partial charge in [0.1, 0.15) is 17.0 Å². The molecule has 0 saturated carbocycles. The van der Waals surface area contributed by atoms with Crippen molar-refractivity contribution in [2.45, 2.75) is 61.9 Å². The maximum absolute atomic E-state index is 12.6. The zero-order chi connectivity index (χ0) is 19.2. The minimum absolute atomic E-state index is 0.145. The number of aromatic nitrogens is 2. The second-order valence-corrected chi connectivity index (χ2v) is 9.77. The Balaban J connectivity index is 2.78. The molecule has 1 rings (SSSR count). The molecule has 1 amide bonds. The third kappa shape index (κ3) is 8.78. The van der Waals surface area contributed by atoms with Crippen LogP contribution < -0.4 is 5.32 Å². The number of carbonyl (C=O) groups excluding carboxylic acids is 2. The number of amides is 1. The zero-order valence-corrected chi connectivity index (χ0v) is 17.2. The van der Waals surface area contributed by atoms with Crippen LogP contribution in [0.5, 0.6) is 0 Å². The number of nitrogens with one attached hydrogen (secondary N) is 1. The van der Waals surface area contributed by atoms with Gasteiger partial charge in [-0.25, -0.2) is 4.79 Å². The molecular formula is C15H23Cl2N3O4S. The van der Waals surface area contributed by atoms with Crippen molar-refractivity contribution < 1.29 is 18.7 Å². The van der Waals surface area contributed by atoms with Gasteiger partial charge in [-0.3, -0.25) is 4.79 Å². The summed E-state index contributed by atoms with van der Waals surface area (Å²) in [4.78, 5) is 24.5. The van der Waals surface area contributed by atoms with Crippen molar-refractivity contribution >= 4 is 46.8 Å². The van der Waals surface area contributed by atoms with E-state index >= 15 is 0 Å². The number of alkyl halides is 2. The summed E-state index contributed by atoms with van der Waals surface area (Å²) in [6.07, 6.45) is -0.398. The van der Waals surface area contributed by atoms with Gasteiger partial charge in [-0.2, -0.15) is 0 Å². The van der Waals surface area contributed by atoms with Crippen molar-refractivity contribution in [2.75, 3.05) is 6.61 Å². The van der Waals surface area contributed by atoms with Crippen LogP contribution in [0.2, 0.25) is 0 Å². The topological polar surface area (TPSA) is 94.3 Å². The molecule has 0 aromatic carbocycles. The molecule has 1 heterocycles. The number of ether oxygens (including phenoxy) is 1. The molecule has 0 saturated heterocycles. The first-order valence-electron chi connectivity index (χ1n) is 7.83. The molecular weight excluding hydrogens is 389 g/mol. The number of carbonyl (C=O) groups is 2. The molecule has 0 radical (unpaired) electrons. The van der Waals surface area contributed by atoms with Crippen LogP contribution in [-0.4, -0.2) is 44.3 Å². The Kier molecular flexibility index (Phi) is 8.50.